The van der Waals surface area contributed by atoms with Crippen LogP contribution in [0.15, 0.2) is 59.0 Å². The van der Waals surface area contributed by atoms with Crippen LogP contribution in [0.25, 0.3) is 22.5 Å². The molecule has 1 N–H and O–H groups in total. The Labute approximate surface area is 162 Å². The first kappa shape index (κ1) is 17.9. The topological polar surface area (TPSA) is 85.8 Å². The number of para-hydroxylation sites is 2. The maximum Gasteiger partial charge on any atom is 0.247 e. The smallest absolute Gasteiger partial charge is 0.247 e. The van der Waals surface area contributed by atoms with Crippen LogP contribution in [-0.2, 0) is 17.8 Å². The van der Waals surface area contributed by atoms with E-state index in [4.69, 9.17) is 4.42 Å². The Morgan fingerprint density at radius 1 is 1.11 bits per heavy atom. The van der Waals surface area contributed by atoms with Gasteiger partial charge in [-0.25, -0.2) is 4.98 Å². The molecule has 2 aromatic carbocycles. The van der Waals surface area contributed by atoms with Crippen LogP contribution in [-0.4, -0.2) is 25.7 Å². The summed E-state index contributed by atoms with van der Waals surface area (Å²) >= 11 is 0. The van der Waals surface area contributed by atoms with Gasteiger partial charge in [0, 0.05) is 12.0 Å². The Balaban J connectivity index is 1.48. The molecule has 0 saturated carbocycles. The lowest BCUT2D eigenvalue weighted by Crippen LogP contribution is -2.31. The zero-order valence-electron chi connectivity index (χ0n) is 15.8. The van der Waals surface area contributed by atoms with E-state index >= 15 is 0 Å². The molecule has 28 heavy (non-hydrogen) atoms. The summed E-state index contributed by atoms with van der Waals surface area (Å²) in [6, 6.07) is 17.0. The lowest BCUT2D eigenvalue weighted by atomic mass is 10.2. The minimum Gasteiger partial charge on any atom is -0.419 e. The van der Waals surface area contributed by atoms with Crippen LogP contribution in [0.3, 0.4) is 0 Å². The fourth-order valence-corrected chi connectivity index (χ4v) is 3.23. The van der Waals surface area contributed by atoms with Gasteiger partial charge in [-0.05, 0) is 31.2 Å². The van der Waals surface area contributed by atoms with Crippen molar-refractivity contribution >= 4 is 16.9 Å². The van der Waals surface area contributed by atoms with Crippen molar-refractivity contribution in [1.82, 2.24) is 25.1 Å². The van der Waals surface area contributed by atoms with Crippen molar-refractivity contribution in [3.63, 3.8) is 0 Å². The van der Waals surface area contributed by atoms with Gasteiger partial charge < -0.3 is 14.3 Å². The Morgan fingerprint density at radius 2 is 1.86 bits per heavy atom. The largest absolute Gasteiger partial charge is 0.419 e. The number of imidazole rings is 1. The molecule has 4 aromatic rings. The average molecular weight is 375 g/mol. The van der Waals surface area contributed by atoms with Gasteiger partial charge in [-0.1, -0.05) is 37.3 Å². The molecule has 0 bridgehead atoms. The predicted octanol–water partition coefficient (Wildman–Crippen LogP) is 3.53. The summed E-state index contributed by atoms with van der Waals surface area (Å²) in [4.78, 5) is 17.4. The molecule has 0 radical (unpaired) electrons. The lowest BCUT2D eigenvalue weighted by molar-refractivity contribution is -0.124. The molecule has 0 spiro atoms. The van der Waals surface area contributed by atoms with Gasteiger partial charge in [0.15, 0.2) is 0 Å². The molecule has 1 amide bonds. The quantitative estimate of drug-likeness (QED) is 0.557. The van der Waals surface area contributed by atoms with Crippen LogP contribution in [0.4, 0.5) is 0 Å². The first-order valence-corrected chi connectivity index (χ1v) is 9.28. The molecule has 1 unspecified atom stereocenters. The second-order valence-corrected chi connectivity index (χ2v) is 6.50. The molecule has 0 aliphatic carbocycles. The normalized spacial score (nSPS) is 12.2. The number of carbonyl (C=O) groups excluding carboxylic acids is 1. The minimum absolute atomic E-state index is 0.127. The standard InChI is InChI=1S/C21H21N5O2/c1-3-18-23-16-11-7-8-12-17(16)26(18)14(2)20(27)22-13-19-24-25-21(28-19)15-9-5-4-6-10-15/h4-12,14H,3,13H2,1-2H3,(H,22,27). The highest BCUT2D eigenvalue weighted by Gasteiger charge is 2.21. The lowest BCUT2D eigenvalue weighted by Gasteiger charge is -2.16. The van der Waals surface area contributed by atoms with Crippen LogP contribution in [0.2, 0.25) is 0 Å². The van der Waals surface area contributed by atoms with Crippen LogP contribution in [0, 0.1) is 0 Å². The van der Waals surface area contributed by atoms with Crippen molar-refractivity contribution in [1.29, 1.82) is 0 Å². The van der Waals surface area contributed by atoms with E-state index in [1.165, 1.54) is 0 Å². The molecular formula is C21H21N5O2. The Kier molecular flexibility index (Phi) is 4.89. The highest BCUT2D eigenvalue weighted by Crippen LogP contribution is 2.22. The van der Waals surface area contributed by atoms with Gasteiger partial charge in [0.25, 0.3) is 0 Å². The molecule has 1 atom stereocenters. The summed E-state index contributed by atoms with van der Waals surface area (Å²) in [5, 5.41) is 10.9. The molecule has 2 aromatic heterocycles. The molecule has 0 fully saturated rings. The number of rotatable bonds is 6. The molecule has 0 aliphatic rings. The number of aromatic nitrogens is 4. The number of nitrogens with one attached hydrogen (secondary N) is 1. The average Bonchev–Trinajstić information content (AvgIpc) is 3.36. The van der Waals surface area contributed by atoms with Gasteiger partial charge in [0.05, 0.1) is 17.6 Å². The fourth-order valence-electron chi connectivity index (χ4n) is 3.23. The molecular weight excluding hydrogens is 354 g/mol. The SMILES string of the molecule is CCc1nc2ccccc2n1C(C)C(=O)NCc1nnc(-c2ccccc2)o1. The number of benzene rings is 2. The van der Waals surface area contributed by atoms with Crippen molar-refractivity contribution in [2.75, 3.05) is 0 Å². The summed E-state index contributed by atoms with van der Waals surface area (Å²) in [7, 11) is 0. The zero-order chi connectivity index (χ0) is 19.5. The predicted molar refractivity (Wildman–Crippen MR) is 105 cm³/mol. The second kappa shape index (κ2) is 7.64. The molecule has 7 heteroatoms. The van der Waals surface area contributed by atoms with E-state index < -0.39 is 6.04 Å². The summed E-state index contributed by atoms with van der Waals surface area (Å²) in [6.45, 7) is 4.08. The fraction of sp³-hybridized carbons (Fsp3) is 0.238. The van der Waals surface area contributed by atoms with Crippen LogP contribution in [0.5, 0.6) is 0 Å². The third kappa shape index (κ3) is 3.38. The maximum absolute atomic E-state index is 12.8. The van der Waals surface area contributed by atoms with E-state index in [0.717, 1.165) is 28.8 Å². The van der Waals surface area contributed by atoms with Gasteiger partial charge >= 0.3 is 0 Å². The van der Waals surface area contributed by atoms with Crippen molar-refractivity contribution in [3.05, 3.63) is 66.3 Å². The van der Waals surface area contributed by atoms with E-state index in [-0.39, 0.29) is 12.5 Å². The van der Waals surface area contributed by atoms with E-state index in [9.17, 15) is 4.79 Å². The third-order valence-electron chi connectivity index (χ3n) is 4.65. The molecule has 2 heterocycles. The van der Waals surface area contributed by atoms with Gasteiger partial charge in [0.1, 0.15) is 11.9 Å². The van der Waals surface area contributed by atoms with E-state index in [0.29, 0.717) is 11.8 Å². The van der Waals surface area contributed by atoms with Gasteiger partial charge in [0.2, 0.25) is 17.7 Å². The minimum atomic E-state index is -0.404. The number of hydrogen-bond acceptors (Lipinski definition) is 5. The van der Waals surface area contributed by atoms with Crippen LogP contribution >= 0.6 is 0 Å². The number of carbonyl (C=O) groups is 1. The van der Waals surface area contributed by atoms with Crippen molar-refractivity contribution in [2.45, 2.75) is 32.9 Å². The molecule has 142 valence electrons. The number of aryl methyl sites for hydroxylation is 1. The number of fused-ring (bicyclic) bond motifs is 1. The van der Waals surface area contributed by atoms with Crippen molar-refractivity contribution < 1.29 is 9.21 Å². The number of hydrogen-bond donors (Lipinski definition) is 1. The zero-order valence-corrected chi connectivity index (χ0v) is 15.8. The van der Waals surface area contributed by atoms with Gasteiger partial charge in [-0.3, -0.25) is 4.79 Å². The molecule has 0 aliphatic heterocycles. The number of nitrogens with zero attached hydrogens (tertiary/aromatic N) is 4. The highest BCUT2D eigenvalue weighted by atomic mass is 16.4. The molecule has 0 saturated heterocycles. The van der Waals surface area contributed by atoms with Crippen molar-refractivity contribution in [2.24, 2.45) is 0 Å². The van der Waals surface area contributed by atoms with E-state index in [1.54, 1.807) is 0 Å². The van der Waals surface area contributed by atoms with Crippen molar-refractivity contribution in [3.8, 4) is 11.5 Å². The van der Waals surface area contributed by atoms with E-state index in [1.807, 2.05) is 73.0 Å². The monoisotopic (exact) mass is 375 g/mol. The summed E-state index contributed by atoms with van der Waals surface area (Å²) in [5.41, 5.74) is 2.69. The Bertz CT molecular complexity index is 1100. The molecule has 7 nitrogen and oxygen atoms in total. The van der Waals surface area contributed by atoms with Crippen LogP contribution < -0.4 is 5.32 Å². The summed E-state index contributed by atoms with van der Waals surface area (Å²) in [6.07, 6.45) is 0.746. The number of amides is 1. The summed E-state index contributed by atoms with van der Waals surface area (Å²) in [5.74, 6) is 1.56. The van der Waals surface area contributed by atoms with Crippen LogP contribution in [0.1, 0.15) is 31.6 Å². The second-order valence-electron chi connectivity index (χ2n) is 6.50. The Morgan fingerprint density at radius 3 is 2.64 bits per heavy atom. The first-order chi connectivity index (χ1) is 13.7. The van der Waals surface area contributed by atoms with E-state index in [2.05, 4.69) is 20.5 Å². The first-order valence-electron chi connectivity index (χ1n) is 9.28. The maximum atomic E-state index is 12.8. The van der Waals surface area contributed by atoms with Gasteiger partial charge in [-0.2, -0.15) is 0 Å². The van der Waals surface area contributed by atoms with Gasteiger partial charge in [-0.15, -0.1) is 10.2 Å². The molecule has 4 rings (SSSR count). The third-order valence-corrected chi connectivity index (χ3v) is 4.65. The summed E-state index contributed by atoms with van der Waals surface area (Å²) < 4.78 is 7.63. The highest BCUT2D eigenvalue weighted by molar-refractivity contribution is 5.84. The Hall–Kier alpha value is -3.48.